The van der Waals surface area contributed by atoms with Crippen molar-refractivity contribution in [3.63, 3.8) is 0 Å². The van der Waals surface area contributed by atoms with E-state index in [9.17, 15) is 6.51 Å². The van der Waals surface area contributed by atoms with E-state index in [1.165, 1.54) is 0 Å². The number of morpholine rings is 1. The number of alkyl halides is 2. The third kappa shape index (κ3) is 3.41. The average molecular weight is 405 g/mol. The van der Waals surface area contributed by atoms with E-state index in [1.807, 2.05) is 12.1 Å². The third-order valence-electron chi connectivity index (χ3n) is 3.83. The molecule has 3 N–H and O–H groups in total. The first kappa shape index (κ1) is 14.9. The van der Waals surface area contributed by atoms with Crippen molar-refractivity contribution >= 4 is 35.9 Å². The van der Waals surface area contributed by atoms with Crippen LogP contribution in [-0.4, -0.2) is 43.6 Å². The molecule has 3 rings (SSSR count). The van der Waals surface area contributed by atoms with Crippen LogP contribution in [0.1, 0.15) is 12.0 Å². The Kier molecular flexibility index (Phi) is 4.23. The number of aromatic nitrogens is 1. The van der Waals surface area contributed by atoms with Gasteiger partial charge in [0, 0.05) is 0 Å². The molecule has 116 valence electrons. The molecule has 7 heteroatoms. The van der Waals surface area contributed by atoms with Gasteiger partial charge in [0.05, 0.1) is 0 Å². The van der Waals surface area contributed by atoms with Crippen LogP contribution in [0.3, 0.4) is 0 Å². The van der Waals surface area contributed by atoms with Gasteiger partial charge in [-0.1, -0.05) is 0 Å². The summed E-state index contributed by atoms with van der Waals surface area (Å²) in [6.45, 7) is 3.07. The van der Waals surface area contributed by atoms with Crippen molar-refractivity contribution in [2.45, 2.75) is 6.42 Å². The number of hydrogen-bond acceptors (Lipinski definition) is 5. The van der Waals surface area contributed by atoms with Gasteiger partial charge >= 0.3 is 128 Å². The van der Waals surface area contributed by atoms with Gasteiger partial charge in [0.2, 0.25) is 0 Å². The number of ether oxygens (including phenoxy) is 1. The fourth-order valence-corrected chi connectivity index (χ4v) is 5.66. The zero-order valence-electron chi connectivity index (χ0n) is 11.8. The van der Waals surface area contributed by atoms with Gasteiger partial charge in [0.15, 0.2) is 0 Å². The summed E-state index contributed by atoms with van der Waals surface area (Å²) in [6, 6.07) is 1.89. The molecule has 2 aliphatic rings. The van der Waals surface area contributed by atoms with E-state index < -0.39 is 18.8 Å². The average Bonchev–Trinajstić information content (AvgIpc) is 2.49. The molecule has 0 bridgehead atoms. The van der Waals surface area contributed by atoms with E-state index in [-0.39, 0.29) is 0 Å². The molecular formula is C14H20IN3O3. The molecule has 1 aromatic rings. The predicted octanol–water partition coefficient (Wildman–Crippen LogP) is 1.58. The fourth-order valence-electron chi connectivity index (χ4n) is 2.58. The van der Waals surface area contributed by atoms with Gasteiger partial charge in [-0.05, 0) is 0 Å². The Morgan fingerprint density at radius 1 is 1.38 bits per heavy atom. The molecule has 3 heterocycles. The first-order chi connectivity index (χ1) is 10.1. The van der Waals surface area contributed by atoms with E-state index in [2.05, 4.69) is 9.88 Å². The van der Waals surface area contributed by atoms with Crippen LogP contribution in [0.4, 0.5) is 11.5 Å². The topological polar surface area (TPSA) is 88.7 Å². The molecule has 0 saturated carbocycles. The van der Waals surface area contributed by atoms with Crippen molar-refractivity contribution < 1.29 is 11.2 Å². The minimum absolute atomic E-state index is 0.298. The van der Waals surface area contributed by atoms with Crippen LogP contribution < -0.4 is 10.6 Å². The number of rotatable bonds is 2. The summed E-state index contributed by atoms with van der Waals surface area (Å²) in [4.78, 5) is 6.66. The Balaban J connectivity index is 1.81. The maximum atomic E-state index is 11.7. The fraction of sp³-hybridized carbons (Fsp3) is 0.500. The van der Waals surface area contributed by atoms with Gasteiger partial charge in [-0.25, -0.2) is 0 Å². The molecule has 1 fully saturated rings. The Morgan fingerprint density at radius 3 is 2.76 bits per heavy atom. The molecular weight excluding hydrogens is 385 g/mol. The van der Waals surface area contributed by atoms with Crippen LogP contribution in [-0.2, 0) is 7.81 Å². The van der Waals surface area contributed by atoms with Crippen LogP contribution >= 0.6 is 18.8 Å². The van der Waals surface area contributed by atoms with Crippen LogP contribution in [0, 0.1) is 0 Å². The first-order valence-electron chi connectivity index (χ1n) is 6.98. The number of nitrogens with two attached hydrogens (primary N) is 1. The number of nitrogens with zero attached hydrogens (tertiary/aromatic N) is 2. The van der Waals surface area contributed by atoms with E-state index in [0.717, 1.165) is 30.0 Å². The van der Waals surface area contributed by atoms with Crippen LogP contribution in [0.5, 0.6) is 0 Å². The number of pyridine rings is 1. The molecule has 0 amide bonds. The minimum atomic E-state index is -3.64. The summed E-state index contributed by atoms with van der Waals surface area (Å²) in [5.74, 6) is 0.869. The Bertz CT molecular complexity index is 611. The standard InChI is InChI=1S/C14H20IN3O3/c16-13-9-14(18-5-7-21-8-6-18)17-10-12(13)11-1-3-15(19,20)4-2-11/h1,9-10H,2-8H2,(H2,16,17)(H,19,20). The molecule has 0 radical (unpaired) electrons. The summed E-state index contributed by atoms with van der Waals surface area (Å²) < 4.78 is 27.3. The molecule has 6 nitrogen and oxygen atoms in total. The monoisotopic (exact) mass is 405 g/mol. The summed E-state index contributed by atoms with van der Waals surface area (Å²) in [6.07, 6.45) is 4.25. The molecule has 0 aromatic carbocycles. The van der Waals surface area contributed by atoms with Crippen LogP contribution in [0.2, 0.25) is 0 Å². The van der Waals surface area contributed by atoms with Gasteiger partial charge in [0.25, 0.3) is 0 Å². The summed E-state index contributed by atoms with van der Waals surface area (Å²) in [7, 11) is 0. The van der Waals surface area contributed by atoms with Gasteiger partial charge in [-0.15, -0.1) is 0 Å². The Morgan fingerprint density at radius 2 is 2.14 bits per heavy atom. The number of hydrogen-bond donors (Lipinski definition) is 2. The molecule has 0 aliphatic carbocycles. The molecule has 1 unspecified atom stereocenters. The second kappa shape index (κ2) is 5.98. The Labute approximate surface area is 128 Å². The molecule has 1 aromatic heterocycles. The SMILES string of the molecule is Nc1cc(N2CCOCC2)ncc1C1=CCI(=O)(O)CC1. The van der Waals surface area contributed by atoms with E-state index in [1.54, 1.807) is 6.20 Å². The Hall–Kier alpha value is -1.06. The quantitative estimate of drug-likeness (QED) is 0.574. The van der Waals surface area contributed by atoms with E-state index >= 15 is 0 Å². The second-order valence-electron chi connectivity index (χ2n) is 5.27. The zero-order valence-corrected chi connectivity index (χ0v) is 14.0. The van der Waals surface area contributed by atoms with E-state index in [0.29, 0.717) is 34.2 Å². The molecule has 21 heavy (non-hydrogen) atoms. The number of anilines is 2. The van der Waals surface area contributed by atoms with Gasteiger partial charge in [-0.3, -0.25) is 0 Å². The maximum absolute atomic E-state index is 11.7. The molecule has 1 atom stereocenters. The number of nitrogen functional groups attached to an aromatic ring is 1. The predicted molar refractivity (Wildman–Crippen MR) is 90.9 cm³/mol. The normalized spacial score (nSPS) is 29.6. The van der Waals surface area contributed by atoms with Crippen molar-refractivity contribution in [1.82, 2.24) is 4.98 Å². The second-order valence-corrected chi connectivity index (χ2v) is 11.3. The van der Waals surface area contributed by atoms with E-state index in [4.69, 9.17) is 10.5 Å². The van der Waals surface area contributed by atoms with Crippen molar-refractivity contribution in [1.29, 1.82) is 0 Å². The number of allylic oxidation sites excluding steroid dienone is 2. The first-order valence-corrected chi connectivity index (χ1v) is 11.9. The van der Waals surface area contributed by atoms with Gasteiger partial charge in [0.1, 0.15) is 0 Å². The summed E-state index contributed by atoms with van der Waals surface area (Å²) >= 11 is -3.64. The summed E-state index contributed by atoms with van der Waals surface area (Å²) in [5.41, 5.74) is 8.77. The van der Waals surface area contributed by atoms with Gasteiger partial charge in [-0.2, -0.15) is 0 Å². The molecule has 0 spiro atoms. The summed E-state index contributed by atoms with van der Waals surface area (Å²) in [5, 5.41) is 0. The van der Waals surface area contributed by atoms with Gasteiger partial charge < -0.3 is 0 Å². The number of halogens is 1. The van der Waals surface area contributed by atoms with Crippen molar-refractivity contribution in [2.75, 3.05) is 45.8 Å². The third-order valence-corrected chi connectivity index (χ3v) is 7.87. The van der Waals surface area contributed by atoms with Crippen LogP contribution in [0.15, 0.2) is 18.3 Å². The van der Waals surface area contributed by atoms with Crippen LogP contribution in [0.25, 0.3) is 5.57 Å². The molecule has 1 saturated heterocycles. The molecule has 2 aliphatic heterocycles. The zero-order chi connectivity index (χ0) is 14.9. The van der Waals surface area contributed by atoms with Crippen molar-refractivity contribution in [3.05, 3.63) is 23.9 Å². The van der Waals surface area contributed by atoms with Crippen molar-refractivity contribution in [2.24, 2.45) is 0 Å². The van der Waals surface area contributed by atoms with Crippen molar-refractivity contribution in [3.8, 4) is 0 Å².